The minimum Gasteiger partial charge on any atom is -0.349 e. The van der Waals surface area contributed by atoms with Crippen molar-refractivity contribution in [1.29, 1.82) is 0 Å². The van der Waals surface area contributed by atoms with Crippen LogP contribution in [0.2, 0.25) is 0 Å². The highest BCUT2D eigenvalue weighted by molar-refractivity contribution is 7.03. The second kappa shape index (κ2) is 6.11. The highest BCUT2D eigenvalue weighted by atomic mass is 32.1. The third-order valence-electron chi connectivity index (χ3n) is 3.37. The van der Waals surface area contributed by atoms with E-state index in [1.54, 1.807) is 25.2 Å². The number of benzene rings is 1. The maximum Gasteiger partial charge on any atom is 0.226 e. The van der Waals surface area contributed by atoms with Crippen LogP contribution in [0.3, 0.4) is 0 Å². The monoisotopic (exact) mass is 312 g/mol. The Labute approximate surface area is 133 Å². The first kappa shape index (κ1) is 14.5. The van der Waals surface area contributed by atoms with E-state index in [2.05, 4.69) is 9.36 Å². The molecule has 0 saturated heterocycles. The molecular formula is C16H16N4OS. The number of amides is 1. The molecule has 0 saturated carbocycles. The van der Waals surface area contributed by atoms with Gasteiger partial charge in [0.25, 0.3) is 0 Å². The van der Waals surface area contributed by atoms with Gasteiger partial charge >= 0.3 is 0 Å². The standard InChI is InChI=1S/C16H16N4OS/c1-19(2)15(21)9-12-4-3-5-14(8-12)20-7-6-17-16(20)13-10-18-22-11-13/h3-8,10-11H,9H2,1-2H3. The van der Waals surface area contributed by atoms with Crippen molar-refractivity contribution in [2.45, 2.75) is 6.42 Å². The predicted molar refractivity (Wildman–Crippen MR) is 87.1 cm³/mol. The zero-order chi connectivity index (χ0) is 15.5. The lowest BCUT2D eigenvalue weighted by atomic mass is 10.1. The van der Waals surface area contributed by atoms with Gasteiger partial charge in [-0.25, -0.2) is 9.36 Å². The molecule has 0 bridgehead atoms. The van der Waals surface area contributed by atoms with Crippen molar-refractivity contribution in [2.24, 2.45) is 0 Å². The molecular weight excluding hydrogens is 296 g/mol. The Kier molecular flexibility index (Phi) is 4.02. The molecule has 0 aliphatic heterocycles. The molecule has 2 aromatic heterocycles. The van der Waals surface area contributed by atoms with Crippen molar-refractivity contribution in [3.8, 4) is 17.1 Å². The highest BCUT2D eigenvalue weighted by Crippen LogP contribution is 2.22. The van der Waals surface area contributed by atoms with E-state index >= 15 is 0 Å². The molecule has 0 atom stereocenters. The number of carbonyl (C=O) groups is 1. The normalized spacial score (nSPS) is 10.6. The summed E-state index contributed by atoms with van der Waals surface area (Å²) in [4.78, 5) is 17.9. The molecule has 0 aliphatic rings. The van der Waals surface area contributed by atoms with Crippen molar-refractivity contribution >= 4 is 17.4 Å². The molecule has 0 N–H and O–H groups in total. The maximum atomic E-state index is 11.9. The van der Waals surface area contributed by atoms with Crippen LogP contribution in [-0.4, -0.2) is 38.8 Å². The summed E-state index contributed by atoms with van der Waals surface area (Å²) in [5, 5.41) is 1.97. The average molecular weight is 312 g/mol. The van der Waals surface area contributed by atoms with Crippen LogP contribution in [0.4, 0.5) is 0 Å². The summed E-state index contributed by atoms with van der Waals surface area (Å²) in [7, 11) is 3.54. The number of imidazole rings is 1. The molecule has 5 nitrogen and oxygen atoms in total. The second-order valence-corrected chi connectivity index (χ2v) is 5.83. The zero-order valence-corrected chi connectivity index (χ0v) is 13.2. The van der Waals surface area contributed by atoms with E-state index in [4.69, 9.17) is 0 Å². The number of rotatable bonds is 4. The smallest absolute Gasteiger partial charge is 0.226 e. The van der Waals surface area contributed by atoms with Gasteiger partial charge in [-0.15, -0.1) is 0 Å². The fourth-order valence-electron chi connectivity index (χ4n) is 2.19. The molecule has 6 heteroatoms. The van der Waals surface area contributed by atoms with Gasteiger partial charge in [0.15, 0.2) is 0 Å². The highest BCUT2D eigenvalue weighted by Gasteiger charge is 2.10. The number of carbonyl (C=O) groups excluding carboxylic acids is 1. The summed E-state index contributed by atoms with van der Waals surface area (Å²) in [6.07, 6.45) is 5.89. The molecule has 0 aliphatic carbocycles. The lowest BCUT2D eigenvalue weighted by Crippen LogP contribution is -2.23. The minimum absolute atomic E-state index is 0.0880. The Morgan fingerprint density at radius 3 is 2.95 bits per heavy atom. The molecule has 1 amide bonds. The molecule has 22 heavy (non-hydrogen) atoms. The van der Waals surface area contributed by atoms with Crippen LogP contribution in [0.15, 0.2) is 48.2 Å². The second-order valence-electron chi connectivity index (χ2n) is 5.17. The van der Waals surface area contributed by atoms with Crippen molar-refractivity contribution in [3.63, 3.8) is 0 Å². The Morgan fingerprint density at radius 2 is 2.23 bits per heavy atom. The molecule has 112 valence electrons. The van der Waals surface area contributed by atoms with Gasteiger partial charge < -0.3 is 4.90 Å². The summed E-state index contributed by atoms with van der Waals surface area (Å²) < 4.78 is 6.13. The Hall–Kier alpha value is -2.47. The number of hydrogen-bond donors (Lipinski definition) is 0. The Balaban J connectivity index is 1.94. The van der Waals surface area contributed by atoms with Crippen LogP contribution >= 0.6 is 11.5 Å². The van der Waals surface area contributed by atoms with Gasteiger partial charge in [0.05, 0.1) is 12.6 Å². The van der Waals surface area contributed by atoms with Gasteiger partial charge in [0, 0.05) is 43.1 Å². The number of likely N-dealkylation sites (N-methyl/N-ethyl adjacent to an activating group) is 1. The van der Waals surface area contributed by atoms with Crippen LogP contribution in [0, 0.1) is 0 Å². The average Bonchev–Trinajstić information content (AvgIpc) is 3.18. The quantitative estimate of drug-likeness (QED) is 0.744. The summed E-state index contributed by atoms with van der Waals surface area (Å²) >= 11 is 1.40. The molecule has 0 fully saturated rings. The van der Waals surface area contributed by atoms with E-state index in [9.17, 15) is 4.79 Å². The van der Waals surface area contributed by atoms with Crippen LogP contribution in [0.25, 0.3) is 17.1 Å². The van der Waals surface area contributed by atoms with Crippen molar-refractivity contribution in [3.05, 3.63) is 53.8 Å². The molecule has 3 rings (SSSR count). The number of hydrogen-bond acceptors (Lipinski definition) is 4. The van der Waals surface area contributed by atoms with Gasteiger partial charge in [0.2, 0.25) is 5.91 Å². The topological polar surface area (TPSA) is 51.0 Å². The lowest BCUT2D eigenvalue weighted by Gasteiger charge is -2.12. The molecule has 0 unspecified atom stereocenters. The van der Waals surface area contributed by atoms with E-state index in [1.807, 2.05) is 46.6 Å². The Bertz CT molecular complexity index is 777. The van der Waals surface area contributed by atoms with E-state index < -0.39 is 0 Å². The first-order chi connectivity index (χ1) is 10.6. The van der Waals surface area contributed by atoms with E-state index in [1.165, 1.54) is 11.5 Å². The summed E-state index contributed by atoms with van der Waals surface area (Å²) in [5.41, 5.74) is 2.96. The number of nitrogens with zero attached hydrogens (tertiary/aromatic N) is 4. The molecule has 0 spiro atoms. The van der Waals surface area contributed by atoms with E-state index in [0.717, 1.165) is 22.6 Å². The summed E-state index contributed by atoms with van der Waals surface area (Å²) in [6.45, 7) is 0. The van der Waals surface area contributed by atoms with Crippen LogP contribution in [-0.2, 0) is 11.2 Å². The van der Waals surface area contributed by atoms with Gasteiger partial charge in [-0.1, -0.05) is 12.1 Å². The minimum atomic E-state index is 0.0880. The predicted octanol–water partition coefficient (Wildman–Crippen LogP) is 2.63. The molecule has 2 heterocycles. The van der Waals surface area contributed by atoms with Gasteiger partial charge in [-0.05, 0) is 29.2 Å². The fraction of sp³-hybridized carbons (Fsp3) is 0.188. The third kappa shape index (κ3) is 2.92. The summed E-state index contributed by atoms with van der Waals surface area (Å²) in [5.74, 6) is 0.940. The lowest BCUT2D eigenvalue weighted by molar-refractivity contribution is -0.127. The summed E-state index contributed by atoms with van der Waals surface area (Å²) in [6, 6.07) is 7.96. The van der Waals surface area contributed by atoms with Crippen molar-refractivity contribution in [2.75, 3.05) is 14.1 Å². The molecule has 0 radical (unpaired) electrons. The van der Waals surface area contributed by atoms with Crippen LogP contribution in [0.1, 0.15) is 5.56 Å². The first-order valence-electron chi connectivity index (χ1n) is 6.88. The van der Waals surface area contributed by atoms with Gasteiger partial charge in [-0.2, -0.15) is 0 Å². The zero-order valence-electron chi connectivity index (χ0n) is 12.4. The molecule has 3 aromatic rings. The van der Waals surface area contributed by atoms with Crippen molar-refractivity contribution in [1.82, 2.24) is 18.8 Å². The van der Waals surface area contributed by atoms with Gasteiger partial charge in [0.1, 0.15) is 5.82 Å². The van der Waals surface area contributed by atoms with E-state index in [-0.39, 0.29) is 5.91 Å². The number of aromatic nitrogens is 3. The largest absolute Gasteiger partial charge is 0.349 e. The SMILES string of the molecule is CN(C)C(=O)Cc1cccc(-n2ccnc2-c2cnsc2)c1. The van der Waals surface area contributed by atoms with Crippen molar-refractivity contribution < 1.29 is 4.79 Å². The molecule has 1 aromatic carbocycles. The Morgan fingerprint density at radius 1 is 1.36 bits per heavy atom. The maximum absolute atomic E-state index is 11.9. The van der Waals surface area contributed by atoms with Crippen LogP contribution in [0.5, 0.6) is 0 Å². The first-order valence-corrected chi connectivity index (χ1v) is 7.71. The van der Waals surface area contributed by atoms with Crippen LogP contribution < -0.4 is 0 Å². The third-order valence-corrected chi connectivity index (χ3v) is 3.96. The fourth-order valence-corrected chi connectivity index (χ4v) is 2.70. The van der Waals surface area contributed by atoms with E-state index in [0.29, 0.717) is 6.42 Å². The van der Waals surface area contributed by atoms with Gasteiger partial charge in [-0.3, -0.25) is 9.36 Å².